The van der Waals surface area contributed by atoms with E-state index in [9.17, 15) is 19.2 Å². The van der Waals surface area contributed by atoms with Gasteiger partial charge in [-0.25, -0.2) is 0 Å². The summed E-state index contributed by atoms with van der Waals surface area (Å²) in [5.41, 5.74) is 1.33. The van der Waals surface area contributed by atoms with E-state index in [4.69, 9.17) is 4.74 Å². The van der Waals surface area contributed by atoms with Gasteiger partial charge in [-0.05, 0) is 30.5 Å². The van der Waals surface area contributed by atoms with E-state index in [1.807, 2.05) is 0 Å². The molecule has 2 aliphatic rings. The highest BCUT2D eigenvalue weighted by Gasteiger charge is 2.39. The number of carbonyl (C=O) groups is 4. The molecule has 1 saturated carbocycles. The van der Waals surface area contributed by atoms with E-state index in [0.717, 1.165) is 5.56 Å². The maximum atomic E-state index is 12.2. The molecular weight excluding hydrogens is 310 g/mol. The van der Waals surface area contributed by atoms with Crippen molar-refractivity contribution >= 4 is 28.9 Å². The Bertz CT molecular complexity index is 721. The molecule has 1 aromatic carbocycles. The van der Waals surface area contributed by atoms with Gasteiger partial charge in [-0.2, -0.15) is 0 Å². The van der Waals surface area contributed by atoms with Crippen molar-refractivity contribution in [1.29, 1.82) is 0 Å². The van der Waals surface area contributed by atoms with Crippen LogP contribution in [0.1, 0.15) is 44.6 Å². The van der Waals surface area contributed by atoms with E-state index in [1.54, 1.807) is 32.0 Å². The molecule has 24 heavy (non-hydrogen) atoms. The van der Waals surface area contributed by atoms with Gasteiger partial charge in [0, 0.05) is 19.3 Å². The second-order valence-electron chi connectivity index (χ2n) is 6.30. The first-order valence-corrected chi connectivity index (χ1v) is 8.10. The van der Waals surface area contributed by atoms with E-state index in [2.05, 4.69) is 5.32 Å². The van der Waals surface area contributed by atoms with Crippen LogP contribution in [0, 0.1) is 5.92 Å². The summed E-state index contributed by atoms with van der Waals surface area (Å²) in [4.78, 5) is 48.0. The molecule has 1 aromatic rings. The Morgan fingerprint density at radius 3 is 2.50 bits per heavy atom. The van der Waals surface area contributed by atoms with Gasteiger partial charge in [0.2, 0.25) is 0 Å². The van der Waals surface area contributed by atoms with Gasteiger partial charge in [-0.15, -0.1) is 0 Å². The average Bonchev–Trinajstić information content (AvgIpc) is 2.54. The summed E-state index contributed by atoms with van der Waals surface area (Å²) in [7, 11) is 0. The van der Waals surface area contributed by atoms with Crippen molar-refractivity contribution < 1.29 is 23.9 Å². The maximum Gasteiger partial charge on any atom is 0.265 e. The Morgan fingerprint density at radius 2 is 1.88 bits per heavy atom. The Hall–Kier alpha value is -2.50. The van der Waals surface area contributed by atoms with E-state index >= 15 is 0 Å². The zero-order valence-electron chi connectivity index (χ0n) is 13.6. The molecule has 0 spiro atoms. The number of carbonyl (C=O) groups excluding carboxylic acids is 4. The molecule has 0 bridgehead atoms. The predicted octanol–water partition coefficient (Wildman–Crippen LogP) is 2.02. The summed E-state index contributed by atoms with van der Waals surface area (Å²) >= 11 is 0. The fraction of sp³-hybridized carbons (Fsp3) is 0.444. The van der Waals surface area contributed by atoms with Crippen molar-refractivity contribution in [2.24, 2.45) is 5.92 Å². The lowest BCUT2D eigenvalue weighted by atomic mass is 9.75. The van der Waals surface area contributed by atoms with Crippen LogP contribution >= 0.6 is 0 Å². The van der Waals surface area contributed by atoms with Crippen molar-refractivity contribution in [3.05, 3.63) is 23.8 Å². The third-order valence-electron chi connectivity index (χ3n) is 4.62. The molecule has 1 unspecified atom stereocenters. The summed E-state index contributed by atoms with van der Waals surface area (Å²) < 4.78 is 5.50. The molecule has 1 amide bonds. The third kappa shape index (κ3) is 2.84. The summed E-state index contributed by atoms with van der Waals surface area (Å²) in [6.45, 7) is 3.32. The fourth-order valence-electron chi connectivity index (χ4n) is 3.25. The smallest absolute Gasteiger partial charge is 0.265 e. The maximum absolute atomic E-state index is 12.2. The van der Waals surface area contributed by atoms with Gasteiger partial charge in [0.05, 0.1) is 5.69 Å². The number of rotatable bonds is 3. The van der Waals surface area contributed by atoms with Gasteiger partial charge >= 0.3 is 0 Å². The first kappa shape index (κ1) is 16.4. The van der Waals surface area contributed by atoms with Crippen molar-refractivity contribution in [2.75, 3.05) is 5.32 Å². The van der Waals surface area contributed by atoms with Crippen LogP contribution in [-0.2, 0) is 19.2 Å². The first-order chi connectivity index (χ1) is 11.4. The number of amides is 1. The summed E-state index contributed by atoms with van der Waals surface area (Å²) in [6, 6.07) is 5.28. The molecule has 1 atom stereocenters. The van der Waals surface area contributed by atoms with Gasteiger partial charge in [0.25, 0.3) is 5.91 Å². The molecule has 0 aromatic heterocycles. The lowest BCUT2D eigenvalue weighted by molar-refractivity contribution is -0.142. The van der Waals surface area contributed by atoms with Crippen LogP contribution in [0.4, 0.5) is 5.69 Å². The average molecular weight is 329 g/mol. The molecule has 0 saturated heterocycles. The first-order valence-electron chi connectivity index (χ1n) is 8.10. The van der Waals surface area contributed by atoms with Gasteiger partial charge < -0.3 is 10.1 Å². The fourth-order valence-corrected chi connectivity index (χ4v) is 3.25. The lowest BCUT2D eigenvalue weighted by Crippen LogP contribution is -2.38. The number of benzene rings is 1. The van der Waals surface area contributed by atoms with Crippen LogP contribution in [0.2, 0.25) is 0 Å². The van der Waals surface area contributed by atoms with Crippen LogP contribution in [0.3, 0.4) is 0 Å². The zero-order valence-corrected chi connectivity index (χ0v) is 13.6. The molecule has 0 radical (unpaired) electrons. The minimum atomic E-state index is -1.09. The van der Waals surface area contributed by atoms with Gasteiger partial charge in [-0.3, -0.25) is 19.2 Å². The van der Waals surface area contributed by atoms with E-state index in [-0.39, 0.29) is 48.4 Å². The van der Waals surface area contributed by atoms with Crippen molar-refractivity contribution in [1.82, 2.24) is 0 Å². The van der Waals surface area contributed by atoms with Crippen LogP contribution < -0.4 is 10.1 Å². The van der Waals surface area contributed by atoms with Gasteiger partial charge in [-0.1, -0.05) is 13.0 Å². The minimum Gasteiger partial charge on any atom is -0.479 e. The SMILES string of the molecule is CCC(=O)C1C(=O)CC(c2ccc3c(c2)NC(=O)C(C)O3)CC1=O. The minimum absolute atomic E-state index is 0.159. The third-order valence-corrected chi connectivity index (χ3v) is 4.62. The molecule has 126 valence electrons. The highest BCUT2D eigenvalue weighted by Crippen LogP contribution is 2.37. The number of anilines is 1. The highest BCUT2D eigenvalue weighted by molar-refractivity contribution is 6.20. The van der Waals surface area contributed by atoms with Crippen molar-refractivity contribution in [3.63, 3.8) is 0 Å². The van der Waals surface area contributed by atoms with Crippen molar-refractivity contribution in [3.8, 4) is 5.75 Å². The highest BCUT2D eigenvalue weighted by atomic mass is 16.5. The zero-order chi connectivity index (χ0) is 17.4. The predicted molar refractivity (Wildman–Crippen MR) is 85.9 cm³/mol. The standard InChI is InChI=1S/C18H19NO5/c1-3-13(20)17-14(21)7-11(8-15(17)22)10-4-5-16-12(6-10)19-18(23)9(2)24-16/h4-6,9,11,17H,3,7-8H2,1-2H3,(H,19,23). The van der Waals surface area contributed by atoms with E-state index in [1.165, 1.54) is 0 Å². The van der Waals surface area contributed by atoms with E-state index in [0.29, 0.717) is 11.4 Å². The van der Waals surface area contributed by atoms with E-state index < -0.39 is 12.0 Å². The normalized spacial score (nSPS) is 26.4. The van der Waals surface area contributed by atoms with Crippen LogP contribution in [0.15, 0.2) is 18.2 Å². The summed E-state index contributed by atoms with van der Waals surface area (Å²) in [6.07, 6.45) is -0.0483. The topological polar surface area (TPSA) is 89.5 Å². The molecule has 1 aliphatic carbocycles. The second kappa shape index (κ2) is 6.19. The van der Waals surface area contributed by atoms with Crippen LogP contribution in [0.25, 0.3) is 0 Å². The summed E-state index contributed by atoms with van der Waals surface area (Å²) in [5, 5.41) is 2.76. The number of Topliss-reactive ketones (excluding diaryl/α,β-unsaturated/α-hetero) is 3. The quantitative estimate of drug-likeness (QED) is 0.857. The van der Waals surface area contributed by atoms with Crippen LogP contribution in [0.5, 0.6) is 5.75 Å². The molecule has 1 heterocycles. The molecule has 6 nitrogen and oxygen atoms in total. The van der Waals surface area contributed by atoms with Crippen LogP contribution in [-0.4, -0.2) is 29.4 Å². The Kier molecular flexibility index (Phi) is 4.22. The Balaban J connectivity index is 1.83. The molecule has 3 rings (SSSR count). The number of ketones is 3. The number of hydrogen-bond donors (Lipinski definition) is 1. The molecule has 1 fully saturated rings. The molecular formula is C18H19NO5. The number of hydrogen-bond acceptors (Lipinski definition) is 5. The van der Waals surface area contributed by atoms with Gasteiger partial charge in [0.15, 0.2) is 23.5 Å². The number of ether oxygens (including phenoxy) is 1. The second-order valence-corrected chi connectivity index (χ2v) is 6.30. The monoisotopic (exact) mass is 329 g/mol. The van der Waals surface area contributed by atoms with Gasteiger partial charge in [0.1, 0.15) is 11.7 Å². The molecule has 6 heteroatoms. The summed E-state index contributed by atoms with van der Waals surface area (Å²) in [5.74, 6) is -1.95. The number of nitrogens with one attached hydrogen (secondary N) is 1. The Morgan fingerprint density at radius 1 is 1.21 bits per heavy atom. The van der Waals surface area contributed by atoms with Crippen molar-refractivity contribution in [2.45, 2.75) is 45.1 Å². The largest absolute Gasteiger partial charge is 0.479 e. The molecule has 1 N–H and O–H groups in total. The lowest BCUT2D eigenvalue weighted by Gasteiger charge is -2.28. The Labute approximate surface area is 139 Å². The molecule has 1 aliphatic heterocycles. The number of fused-ring (bicyclic) bond motifs is 1.